The van der Waals surface area contributed by atoms with E-state index in [1.165, 1.54) is 12.1 Å². The number of ether oxygens (including phenoxy) is 2. The van der Waals surface area contributed by atoms with Gasteiger partial charge < -0.3 is 9.47 Å². The highest BCUT2D eigenvalue weighted by molar-refractivity contribution is 5.16. The molecule has 1 fully saturated rings. The average Bonchev–Trinajstić information content (AvgIpc) is 2.48. The molecule has 3 heteroatoms. The highest BCUT2D eigenvalue weighted by Crippen LogP contribution is 2.20. The third-order valence-corrected chi connectivity index (χ3v) is 3.64. The molecule has 0 saturated carbocycles. The van der Waals surface area contributed by atoms with Crippen molar-refractivity contribution in [2.45, 2.75) is 38.4 Å². The number of halogens is 1. The lowest BCUT2D eigenvalue weighted by Gasteiger charge is -2.29. The molecule has 0 spiro atoms. The standard InChI is InChI=1S/C17H23FO2/c1-2-3-4-5-15-12-19-17(20-13-15)11-8-14-6-9-16(18)10-7-14/h2,6-7,9-10,15,17H,1,3-5,8,11-13H2. The van der Waals surface area contributed by atoms with Crippen LogP contribution in [0.15, 0.2) is 36.9 Å². The van der Waals surface area contributed by atoms with Crippen molar-refractivity contribution in [2.75, 3.05) is 13.2 Å². The van der Waals surface area contributed by atoms with Gasteiger partial charge in [0.2, 0.25) is 0 Å². The molecular formula is C17H23FO2. The normalized spacial score (nSPS) is 22.6. The lowest BCUT2D eigenvalue weighted by molar-refractivity contribution is -0.203. The third kappa shape index (κ3) is 5.06. The number of benzene rings is 1. The van der Waals surface area contributed by atoms with Crippen LogP contribution in [0.4, 0.5) is 4.39 Å². The van der Waals surface area contributed by atoms with Crippen molar-refractivity contribution in [3.63, 3.8) is 0 Å². The van der Waals surface area contributed by atoms with E-state index in [-0.39, 0.29) is 12.1 Å². The summed E-state index contributed by atoms with van der Waals surface area (Å²) in [7, 11) is 0. The summed E-state index contributed by atoms with van der Waals surface area (Å²) in [6, 6.07) is 6.62. The molecule has 1 saturated heterocycles. The number of hydrogen-bond donors (Lipinski definition) is 0. The predicted octanol–water partition coefficient (Wildman–Crippen LogP) is 4.10. The summed E-state index contributed by atoms with van der Waals surface area (Å²) < 4.78 is 24.3. The van der Waals surface area contributed by atoms with Crippen molar-refractivity contribution >= 4 is 0 Å². The highest BCUT2D eigenvalue weighted by atomic mass is 19.1. The second-order valence-electron chi connectivity index (χ2n) is 5.35. The van der Waals surface area contributed by atoms with E-state index in [9.17, 15) is 4.39 Å². The summed E-state index contributed by atoms with van der Waals surface area (Å²) in [5, 5.41) is 0. The molecule has 0 atom stereocenters. The maximum atomic E-state index is 12.8. The molecule has 2 nitrogen and oxygen atoms in total. The van der Waals surface area contributed by atoms with Gasteiger partial charge in [-0.2, -0.15) is 0 Å². The minimum atomic E-state index is -0.193. The first-order valence-electron chi connectivity index (χ1n) is 7.36. The molecule has 0 amide bonds. The fraction of sp³-hybridized carbons (Fsp3) is 0.529. The van der Waals surface area contributed by atoms with Crippen LogP contribution >= 0.6 is 0 Å². The number of aryl methyl sites for hydroxylation is 1. The molecule has 0 radical (unpaired) electrons. The highest BCUT2D eigenvalue weighted by Gasteiger charge is 2.21. The van der Waals surface area contributed by atoms with E-state index in [2.05, 4.69) is 6.58 Å². The molecule has 0 N–H and O–H groups in total. The molecule has 1 aromatic rings. The Labute approximate surface area is 120 Å². The van der Waals surface area contributed by atoms with Crippen LogP contribution in [0.3, 0.4) is 0 Å². The Kier molecular flexibility index (Phi) is 6.22. The van der Waals surface area contributed by atoms with Crippen molar-refractivity contribution in [2.24, 2.45) is 5.92 Å². The van der Waals surface area contributed by atoms with Crippen LogP contribution < -0.4 is 0 Å². The Hall–Kier alpha value is -1.19. The van der Waals surface area contributed by atoms with E-state index in [0.717, 1.165) is 50.9 Å². The Bertz CT molecular complexity index is 394. The number of unbranched alkanes of at least 4 members (excludes halogenated alkanes) is 1. The van der Waals surface area contributed by atoms with Crippen LogP contribution in [0.1, 0.15) is 31.2 Å². The van der Waals surface area contributed by atoms with Crippen LogP contribution in [0, 0.1) is 11.7 Å². The van der Waals surface area contributed by atoms with Crippen LogP contribution in [0.2, 0.25) is 0 Å². The Morgan fingerprint density at radius 2 is 1.85 bits per heavy atom. The third-order valence-electron chi connectivity index (χ3n) is 3.64. The maximum absolute atomic E-state index is 12.8. The molecule has 0 aromatic heterocycles. The lowest BCUT2D eigenvalue weighted by atomic mass is 10.0. The van der Waals surface area contributed by atoms with Gasteiger partial charge in [0, 0.05) is 12.3 Å². The van der Waals surface area contributed by atoms with Gasteiger partial charge in [0.1, 0.15) is 5.82 Å². The van der Waals surface area contributed by atoms with Gasteiger partial charge in [0.05, 0.1) is 13.2 Å². The van der Waals surface area contributed by atoms with Crippen molar-refractivity contribution < 1.29 is 13.9 Å². The van der Waals surface area contributed by atoms with Gasteiger partial charge in [0.15, 0.2) is 6.29 Å². The molecule has 1 aliphatic rings. The average molecular weight is 278 g/mol. The second-order valence-corrected chi connectivity index (χ2v) is 5.35. The molecule has 1 aliphatic heterocycles. The molecule has 1 aromatic carbocycles. The minimum absolute atomic E-state index is 0.115. The first-order valence-corrected chi connectivity index (χ1v) is 7.36. The Balaban J connectivity index is 1.64. The Morgan fingerprint density at radius 1 is 1.15 bits per heavy atom. The van der Waals surface area contributed by atoms with Gasteiger partial charge in [-0.25, -0.2) is 4.39 Å². The van der Waals surface area contributed by atoms with E-state index < -0.39 is 0 Å². The van der Waals surface area contributed by atoms with Gasteiger partial charge in [-0.3, -0.25) is 0 Å². The van der Waals surface area contributed by atoms with Crippen LogP contribution in [0.25, 0.3) is 0 Å². The van der Waals surface area contributed by atoms with Gasteiger partial charge >= 0.3 is 0 Å². The van der Waals surface area contributed by atoms with Crippen LogP contribution in [0.5, 0.6) is 0 Å². The quantitative estimate of drug-likeness (QED) is 0.552. The summed E-state index contributed by atoms with van der Waals surface area (Å²) in [6.45, 7) is 5.29. The van der Waals surface area contributed by atoms with Gasteiger partial charge in [-0.15, -0.1) is 6.58 Å². The maximum Gasteiger partial charge on any atom is 0.157 e. The largest absolute Gasteiger partial charge is 0.352 e. The molecule has 0 unspecified atom stereocenters. The number of hydrogen-bond acceptors (Lipinski definition) is 2. The van der Waals surface area contributed by atoms with Gasteiger partial charge in [-0.05, 0) is 43.4 Å². The molecule has 2 rings (SSSR count). The van der Waals surface area contributed by atoms with E-state index in [4.69, 9.17) is 9.47 Å². The van der Waals surface area contributed by atoms with Gasteiger partial charge in [-0.1, -0.05) is 18.2 Å². The summed E-state index contributed by atoms with van der Waals surface area (Å²) in [5.41, 5.74) is 1.12. The minimum Gasteiger partial charge on any atom is -0.352 e. The van der Waals surface area contributed by atoms with Crippen molar-refractivity contribution in [3.05, 3.63) is 48.3 Å². The van der Waals surface area contributed by atoms with E-state index in [0.29, 0.717) is 5.92 Å². The zero-order chi connectivity index (χ0) is 14.2. The molecule has 20 heavy (non-hydrogen) atoms. The number of allylic oxidation sites excluding steroid dienone is 1. The fourth-order valence-corrected chi connectivity index (χ4v) is 2.40. The van der Waals surface area contributed by atoms with E-state index in [1.807, 2.05) is 18.2 Å². The second kappa shape index (κ2) is 8.18. The summed E-state index contributed by atoms with van der Waals surface area (Å²) in [4.78, 5) is 0. The zero-order valence-corrected chi connectivity index (χ0v) is 11.9. The summed E-state index contributed by atoms with van der Waals surface area (Å²) in [6.07, 6.45) is 6.87. The van der Waals surface area contributed by atoms with Crippen molar-refractivity contribution in [1.29, 1.82) is 0 Å². The summed E-state index contributed by atoms with van der Waals surface area (Å²) >= 11 is 0. The molecule has 110 valence electrons. The van der Waals surface area contributed by atoms with Crippen LogP contribution in [-0.2, 0) is 15.9 Å². The molecule has 1 heterocycles. The van der Waals surface area contributed by atoms with E-state index in [1.54, 1.807) is 0 Å². The lowest BCUT2D eigenvalue weighted by Crippen LogP contribution is -2.32. The fourth-order valence-electron chi connectivity index (χ4n) is 2.40. The molecule has 0 aliphatic carbocycles. The van der Waals surface area contributed by atoms with E-state index >= 15 is 0 Å². The topological polar surface area (TPSA) is 18.5 Å². The van der Waals surface area contributed by atoms with Crippen molar-refractivity contribution in [3.8, 4) is 0 Å². The summed E-state index contributed by atoms with van der Waals surface area (Å²) in [5.74, 6) is 0.318. The smallest absolute Gasteiger partial charge is 0.157 e. The predicted molar refractivity (Wildman–Crippen MR) is 78.0 cm³/mol. The first-order chi connectivity index (χ1) is 9.78. The first kappa shape index (κ1) is 15.2. The SMILES string of the molecule is C=CCCCC1COC(CCc2ccc(F)cc2)OC1. The van der Waals surface area contributed by atoms with Crippen LogP contribution in [-0.4, -0.2) is 19.5 Å². The van der Waals surface area contributed by atoms with Gasteiger partial charge in [0.25, 0.3) is 0 Å². The Morgan fingerprint density at radius 3 is 2.50 bits per heavy atom. The monoisotopic (exact) mass is 278 g/mol. The molecule has 0 bridgehead atoms. The molecular weight excluding hydrogens is 255 g/mol. The number of rotatable bonds is 7. The zero-order valence-electron chi connectivity index (χ0n) is 11.9. The van der Waals surface area contributed by atoms with Crippen molar-refractivity contribution in [1.82, 2.24) is 0 Å².